The van der Waals surface area contributed by atoms with Crippen LogP contribution in [-0.2, 0) is 4.79 Å². The molecule has 38 heavy (non-hydrogen) atoms. The molecule has 1 aromatic heterocycles. The molecule has 3 aromatic rings. The number of nitrogens with two attached hydrogens (primary N) is 1. The molecular formula is C29H29FN6O2. The molecule has 194 valence electrons. The number of likely N-dealkylation sites (tertiary alicyclic amines) is 1. The minimum atomic E-state index is -0.342. The summed E-state index contributed by atoms with van der Waals surface area (Å²) in [5.41, 5.74) is 8.50. The number of nitrogens with zero attached hydrogens (tertiary/aromatic N) is 3. The molecule has 1 saturated heterocycles. The molecule has 6 rings (SSSR count). The zero-order valence-electron chi connectivity index (χ0n) is 20.8. The zero-order valence-corrected chi connectivity index (χ0v) is 20.8. The van der Waals surface area contributed by atoms with E-state index in [2.05, 4.69) is 27.8 Å². The molecule has 2 fully saturated rings. The molecule has 9 heteroatoms. The fraction of sp³-hybridized carbons (Fsp3) is 0.310. The molecule has 1 aliphatic heterocycles. The van der Waals surface area contributed by atoms with Gasteiger partial charge in [0.15, 0.2) is 0 Å². The Bertz CT molecular complexity index is 1400. The number of allylic oxidation sites excluding steroid dienone is 1. The second-order valence-corrected chi connectivity index (χ2v) is 10.2. The largest absolute Gasteiger partial charge is 0.369 e. The van der Waals surface area contributed by atoms with Crippen molar-refractivity contribution >= 4 is 29.3 Å². The first-order valence-corrected chi connectivity index (χ1v) is 13.0. The Kier molecular flexibility index (Phi) is 6.27. The first-order valence-electron chi connectivity index (χ1n) is 13.0. The average Bonchev–Trinajstić information content (AvgIpc) is 3.68. The maximum Gasteiger partial charge on any atom is 0.253 e. The highest BCUT2D eigenvalue weighted by Crippen LogP contribution is 2.45. The lowest BCUT2D eigenvalue weighted by Gasteiger charge is -2.28. The number of nitrogens with one attached hydrogen (secondary N) is 2. The highest BCUT2D eigenvalue weighted by Gasteiger charge is 2.47. The highest BCUT2D eigenvalue weighted by atomic mass is 19.1. The number of hydrogen-bond acceptors (Lipinski definition) is 6. The van der Waals surface area contributed by atoms with Crippen LogP contribution in [0.15, 0.2) is 66.9 Å². The summed E-state index contributed by atoms with van der Waals surface area (Å²) >= 11 is 0. The Balaban J connectivity index is 1.31. The van der Waals surface area contributed by atoms with E-state index in [-0.39, 0.29) is 41.4 Å². The molecule has 3 aliphatic rings. The molecule has 2 amide bonds. The van der Waals surface area contributed by atoms with Gasteiger partial charge in [0.2, 0.25) is 11.9 Å². The van der Waals surface area contributed by atoms with Gasteiger partial charge in [-0.3, -0.25) is 9.59 Å². The maximum atomic E-state index is 13.6. The average molecular weight is 513 g/mol. The maximum absolute atomic E-state index is 13.6. The van der Waals surface area contributed by atoms with Gasteiger partial charge in [0.1, 0.15) is 11.6 Å². The molecule has 2 bridgehead atoms. The number of aromatic nitrogens is 2. The zero-order chi connectivity index (χ0) is 26.2. The topological polar surface area (TPSA) is 113 Å². The molecule has 0 radical (unpaired) electrons. The van der Waals surface area contributed by atoms with E-state index >= 15 is 0 Å². The number of benzene rings is 2. The third-order valence-electron chi connectivity index (χ3n) is 7.79. The summed E-state index contributed by atoms with van der Waals surface area (Å²) in [4.78, 5) is 36.3. The number of carbonyl (C=O) groups excluding carboxylic acids is 2. The number of hydrogen-bond donors (Lipinski definition) is 3. The Morgan fingerprint density at radius 3 is 2.55 bits per heavy atom. The van der Waals surface area contributed by atoms with E-state index in [1.807, 2.05) is 23.1 Å². The van der Waals surface area contributed by atoms with Crippen molar-refractivity contribution in [2.24, 2.45) is 23.5 Å². The molecule has 4 N–H and O–H groups in total. The lowest BCUT2D eigenvalue weighted by Crippen LogP contribution is -2.41. The van der Waals surface area contributed by atoms with Crippen LogP contribution in [0.25, 0.3) is 11.1 Å². The molecule has 8 nitrogen and oxygen atoms in total. The van der Waals surface area contributed by atoms with Crippen LogP contribution in [0.4, 0.5) is 21.8 Å². The number of carbonyl (C=O) groups is 2. The lowest BCUT2D eigenvalue weighted by atomic mass is 9.88. The van der Waals surface area contributed by atoms with Crippen molar-refractivity contribution in [1.29, 1.82) is 0 Å². The van der Waals surface area contributed by atoms with Crippen molar-refractivity contribution < 1.29 is 14.0 Å². The van der Waals surface area contributed by atoms with Crippen molar-refractivity contribution in [2.75, 3.05) is 23.7 Å². The first kappa shape index (κ1) is 24.1. The summed E-state index contributed by atoms with van der Waals surface area (Å²) in [5.74, 6) is 0.132. The Morgan fingerprint density at radius 2 is 1.79 bits per heavy atom. The summed E-state index contributed by atoms with van der Waals surface area (Å²) in [6, 6.07) is 13.2. The fourth-order valence-corrected chi connectivity index (χ4v) is 5.92. The third kappa shape index (κ3) is 4.60. The standard InChI is InChI=1S/C29H29FN6O2/c30-21-10-8-17(9-11-21)23-16-32-29(33-22-5-3-4-20(15-22)28(38)36-12-1-2-13-36)35-27(23)34-25-19-7-6-18(14-19)24(25)26(31)37/h3-11,15-16,18-19,24-25H,1-2,12-14H2,(H2,31,37)(H2,32,33,34,35)/t18-,19+,24+,25-/m1/s1. The van der Waals surface area contributed by atoms with Gasteiger partial charge in [-0.15, -0.1) is 0 Å². The van der Waals surface area contributed by atoms with Crippen molar-refractivity contribution in [1.82, 2.24) is 14.9 Å². The van der Waals surface area contributed by atoms with Crippen LogP contribution in [0.5, 0.6) is 0 Å². The van der Waals surface area contributed by atoms with Crippen LogP contribution in [-0.4, -0.2) is 45.8 Å². The van der Waals surface area contributed by atoms with Gasteiger partial charge in [0.05, 0.1) is 5.92 Å². The summed E-state index contributed by atoms with van der Waals surface area (Å²) in [5, 5.41) is 6.69. The predicted molar refractivity (Wildman–Crippen MR) is 143 cm³/mol. The summed E-state index contributed by atoms with van der Waals surface area (Å²) in [7, 11) is 0. The fourth-order valence-electron chi connectivity index (χ4n) is 5.92. The number of rotatable bonds is 7. The minimum Gasteiger partial charge on any atom is -0.369 e. The smallest absolute Gasteiger partial charge is 0.253 e. The van der Waals surface area contributed by atoms with E-state index in [1.165, 1.54) is 12.1 Å². The van der Waals surface area contributed by atoms with E-state index in [4.69, 9.17) is 10.7 Å². The molecule has 0 unspecified atom stereocenters. The predicted octanol–water partition coefficient (Wildman–Crippen LogP) is 4.35. The second kappa shape index (κ2) is 9.89. The van der Waals surface area contributed by atoms with Crippen LogP contribution in [0.1, 0.15) is 29.6 Å². The van der Waals surface area contributed by atoms with Crippen LogP contribution in [0.3, 0.4) is 0 Å². The SMILES string of the molecule is NC(=O)[C@@H]1[C@H](Nc2nc(Nc3cccc(C(=O)N4CCCC4)c3)ncc2-c2ccc(F)cc2)[C@H]2C=C[C@@H]1C2. The van der Waals surface area contributed by atoms with E-state index in [1.54, 1.807) is 24.4 Å². The van der Waals surface area contributed by atoms with Gasteiger partial charge in [0, 0.05) is 42.1 Å². The third-order valence-corrected chi connectivity index (χ3v) is 7.79. The molecule has 2 aromatic carbocycles. The minimum absolute atomic E-state index is 0.0166. The lowest BCUT2D eigenvalue weighted by molar-refractivity contribution is -0.122. The van der Waals surface area contributed by atoms with E-state index in [9.17, 15) is 14.0 Å². The summed E-state index contributed by atoms with van der Waals surface area (Å²) in [6.45, 7) is 1.56. The normalized spacial score (nSPS) is 23.6. The number of fused-ring (bicyclic) bond motifs is 2. The Labute approximate surface area is 220 Å². The summed E-state index contributed by atoms with van der Waals surface area (Å²) < 4.78 is 13.6. The van der Waals surface area contributed by atoms with Gasteiger partial charge in [-0.25, -0.2) is 9.37 Å². The monoisotopic (exact) mass is 512 g/mol. The van der Waals surface area contributed by atoms with Gasteiger partial charge >= 0.3 is 0 Å². The van der Waals surface area contributed by atoms with Gasteiger partial charge in [-0.2, -0.15) is 4.98 Å². The van der Waals surface area contributed by atoms with Gasteiger partial charge in [-0.1, -0.05) is 30.4 Å². The molecule has 4 atom stereocenters. The Morgan fingerprint density at radius 1 is 1.03 bits per heavy atom. The number of primary amides is 1. The number of anilines is 3. The van der Waals surface area contributed by atoms with Crippen molar-refractivity contribution in [2.45, 2.75) is 25.3 Å². The van der Waals surface area contributed by atoms with E-state index < -0.39 is 0 Å². The Hall–Kier alpha value is -4.27. The van der Waals surface area contributed by atoms with Crippen LogP contribution >= 0.6 is 0 Å². The van der Waals surface area contributed by atoms with Crippen LogP contribution in [0, 0.1) is 23.6 Å². The molecule has 1 saturated carbocycles. The van der Waals surface area contributed by atoms with Crippen molar-refractivity contribution in [3.05, 3.63) is 78.3 Å². The number of halogens is 1. The van der Waals surface area contributed by atoms with Gasteiger partial charge in [-0.05, 0) is 67.0 Å². The highest BCUT2D eigenvalue weighted by molar-refractivity contribution is 5.95. The van der Waals surface area contributed by atoms with Crippen molar-refractivity contribution in [3.8, 4) is 11.1 Å². The van der Waals surface area contributed by atoms with Gasteiger partial charge in [0.25, 0.3) is 5.91 Å². The molecule has 0 spiro atoms. The summed E-state index contributed by atoms with van der Waals surface area (Å²) in [6.07, 6.45) is 8.80. The molecular weight excluding hydrogens is 483 g/mol. The quantitative estimate of drug-likeness (QED) is 0.406. The van der Waals surface area contributed by atoms with Gasteiger partial charge < -0.3 is 21.3 Å². The molecule has 2 aliphatic carbocycles. The second-order valence-electron chi connectivity index (χ2n) is 10.2. The number of amides is 2. The van der Waals surface area contributed by atoms with E-state index in [0.717, 1.165) is 37.9 Å². The first-order chi connectivity index (χ1) is 18.5. The van der Waals surface area contributed by atoms with Crippen LogP contribution in [0.2, 0.25) is 0 Å². The van der Waals surface area contributed by atoms with Crippen LogP contribution < -0.4 is 16.4 Å². The van der Waals surface area contributed by atoms with Crippen molar-refractivity contribution in [3.63, 3.8) is 0 Å². The van der Waals surface area contributed by atoms with E-state index in [0.29, 0.717) is 28.6 Å². The molecule has 2 heterocycles.